The molecule has 1 amide bonds. The quantitative estimate of drug-likeness (QED) is 0.688. The van der Waals surface area contributed by atoms with Gasteiger partial charge in [-0.15, -0.1) is 0 Å². The predicted octanol–water partition coefficient (Wildman–Crippen LogP) is 1.58. The molecule has 1 rings (SSSR count). The third kappa shape index (κ3) is 2.20. The summed E-state index contributed by atoms with van der Waals surface area (Å²) in [6.45, 7) is 9.57. The van der Waals surface area contributed by atoms with E-state index in [0.717, 1.165) is 0 Å². The van der Waals surface area contributed by atoms with Gasteiger partial charge in [-0.2, -0.15) is 0 Å². The van der Waals surface area contributed by atoms with Gasteiger partial charge in [-0.3, -0.25) is 4.79 Å². The maximum Gasteiger partial charge on any atom is 0.329 e. The van der Waals surface area contributed by atoms with Crippen LogP contribution in [0, 0.1) is 5.92 Å². The minimum atomic E-state index is -0.593. The van der Waals surface area contributed by atoms with E-state index in [1.807, 2.05) is 34.6 Å². The van der Waals surface area contributed by atoms with Gasteiger partial charge in [-0.05, 0) is 26.2 Å². The lowest BCUT2D eigenvalue weighted by atomic mass is 9.97. The van der Waals surface area contributed by atoms with Crippen LogP contribution in [0.3, 0.4) is 0 Å². The average Bonchev–Trinajstić information content (AvgIpc) is 2.19. The molecule has 0 aromatic heterocycles. The summed E-state index contributed by atoms with van der Waals surface area (Å²) in [5, 5.41) is 0. The Morgan fingerprint density at radius 2 is 1.81 bits per heavy atom. The molecule has 0 aromatic carbocycles. The van der Waals surface area contributed by atoms with Crippen LogP contribution in [0.2, 0.25) is 0 Å². The fourth-order valence-electron chi connectivity index (χ4n) is 2.10. The minimum Gasteiger partial charge on any atom is -0.451 e. The van der Waals surface area contributed by atoms with E-state index in [0.29, 0.717) is 6.42 Å². The van der Waals surface area contributed by atoms with E-state index >= 15 is 0 Å². The van der Waals surface area contributed by atoms with Crippen molar-refractivity contribution >= 4 is 11.9 Å². The Morgan fingerprint density at radius 3 is 2.19 bits per heavy atom. The molecule has 1 heterocycles. The maximum absolute atomic E-state index is 12.1. The third-order valence-electron chi connectivity index (χ3n) is 2.89. The van der Waals surface area contributed by atoms with E-state index in [9.17, 15) is 9.59 Å². The van der Waals surface area contributed by atoms with Gasteiger partial charge in [-0.1, -0.05) is 20.8 Å². The Bertz CT molecular complexity index is 286. The van der Waals surface area contributed by atoms with Gasteiger partial charge >= 0.3 is 5.97 Å². The Balaban J connectivity index is 3.01. The molecule has 1 aliphatic heterocycles. The lowest BCUT2D eigenvalue weighted by molar-refractivity contribution is -0.182. The Hall–Kier alpha value is -1.06. The van der Waals surface area contributed by atoms with E-state index < -0.39 is 12.1 Å². The van der Waals surface area contributed by atoms with Crippen LogP contribution in [-0.2, 0) is 14.3 Å². The van der Waals surface area contributed by atoms with Crippen molar-refractivity contribution in [3.05, 3.63) is 0 Å². The van der Waals surface area contributed by atoms with Gasteiger partial charge in [0.25, 0.3) is 5.91 Å². The van der Waals surface area contributed by atoms with Crippen LogP contribution in [0.5, 0.6) is 0 Å². The number of carbonyl (C=O) groups is 2. The van der Waals surface area contributed by atoms with E-state index in [2.05, 4.69) is 0 Å². The van der Waals surface area contributed by atoms with E-state index in [1.54, 1.807) is 4.90 Å². The molecule has 4 heteroatoms. The molecular weight excluding hydrogens is 206 g/mol. The van der Waals surface area contributed by atoms with Crippen molar-refractivity contribution in [3.63, 3.8) is 0 Å². The second-order valence-corrected chi connectivity index (χ2v) is 4.86. The summed E-state index contributed by atoms with van der Waals surface area (Å²) in [4.78, 5) is 25.6. The van der Waals surface area contributed by atoms with Gasteiger partial charge in [0.15, 0.2) is 6.10 Å². The number of ether oxygens (including phenoxy) is 1. The van der Waals surface area contributed by atoms with Crippen molar-refractivity contribution in [2.45, 2.75) is 59.2 Å². The highest BCUT2D eigenvalue weighted by atomic mass is 16.6. The van der Waals surface area contributed by atoms with Crippen LogP contribution in [-0.4, -0.2) is 35.0 Å². The van der Waals surface area contributed by atoms with Crippen molar-refractivity contribution in [3.8, 4) is 0 Å². The van der Waals surface area contributed by atoms with Gasteiger partial charge < -0.3 is 9.64 Å². The molecule has 0 N–H and O–H groups in total. The zero-order chi connectivity index (χ0) is 12.5. The number of hydrogen-bond acceptors (Lipinski definition) is 3. The number of nitrogens with zero attached hydrogens (tertiary/aromatic N) is 1. The van der Waals surface area contributed by atoms with Gasteiger partial charge in [-0.25, -0.2) is 4.79 Å². The second-order valence-electron chi connectivity index (χ2n) is 4.86. The molecule has 2 atom stereocenters. The Labute approximate surface area is 96.9 Å². The largest absolute Gasteiger partial charge is 0.451 e. The summed E-state index contributed by atoms with van der Waals surface area (Å²) in [6.07, 6.45) is -0.0524. The Kier molecular flexibility index (Phi) is 3.94. The van der Waals surface area contributed by atoms with Crippen molar-refractivity contribution in [2.24, 2.45) is 5.92 Å². The molecule has 1 aliphatic rings. The summed E-state index contributed by atoms with van der Waals surface area (Å²) >= 11 is 0. The van der Waals surface area contributed by atoms with Crippen molar-refractivity contribution < 1.29 is 14.3 Å². The fraction of sp³-hybridized carbons (Fsp3) is 0.833. The summed E-state index contributed by atoms with van der Waals surface area (Å²) in [6, 6.07) is -0.405. The average molecular weight is 227 g/mol. The zero-order valence-electron chi connectivity index (χ0n) is 10.7. The van der Waals surface area contributed by atoms with Crippen LogP contribution >= 0.6 is 0 Å². The number of carbonyl (C=O) groups excluding carboxylic acids is 2. The molecule has 1 fully saturated rings. The molecule has 0 aliphatic carbocycles. The number of morpholine rings is 1. The molecule has 2 unspecified atom stereocenters. The predicted molar refractivity (Wildman–Crippen MR) is 60.8 cm³/mol. The zero-order valence-corrected chi connectivity index (χ0v) is 10.7. The number of amides is 1. The van der Waals surface area contributed by atoms with Crippen LogP contribution < -0.4 is 0 Å². The number of hydrogen-bond donors (Lipinski definition) is 0. The molecule has 0 radical (unpaired) electrons. The van der Waals surface area contributed by atoms with Gasteiger partial charge in [0.2, 0.25) is 0 Å². The first-order valence-electron chi connectivity index (χ1n) is 5.92. The standard InChI is InChI=1S/C12H21NO3/c1-6-9-11(14)13(8(4)5)10(7(2)3)12(15)16-9/h7-10H,6H2,1-5H3. The molecule has 0 bridgehead atoms. The minimum absolute atomic E-state index is 0.0294. The topological polar surface area (TPSA) is 46.6 Å². The third-order valence-corrected chi connectivity index (χ3v) is 2.89. The SMILES string of the molecule is CCC1OC(=O)C(C(C)C)N(C(C)C)C1=O. The van der Waals surface area contributed by atoms with Crippen LogP contribution in [0.15, 0.2) is 0 Å². The van der Waals surface area contributed by atoms with Gasteiger partial charge in [0.1, 0.15) is 6.04 Å². The fourth-order valence-corrected chi connectivity index (χ4v) is 2.10. The Morgan fingerprint density at radius 1 is 1.25 bits per heavy atom. The smallest absolute Gasteiger partial charge is 0.329 e. The van der Waals surface area contributed by atoms with Crippen molar-refractivity contribution in [1.29, 1.82) is 0 Å². The number of cyclic esters (lactones) is 1. The van der Waals surface area contributed by atoms with E-state index in [1.165, 1.54) is 0 Å². The van der Waals surface area contributed by atoms with Crippen molar-refractivity contribution in [1.82, 2.24) is 4.90 Å². The van der Waals surface area contributed by atoms with E-state index in [-0.39, 0.29) is 23.8 Å². The molecule has 1 saturated heterocycles. The first-order valence-corrected chi connectivity index (χ1v) is 5.92. The maximum atomic E-state index is 12.1. The summed E-state index contributed by atoms with van der Waals surface area (Å²) < 4.78 is 5.17. The van der Waals surface area contributed by atoms with E-state index in [4.69, 9.17) is 4.74 Å². The van der Waals surface area contributed by atoms with Crippen LogP contribution in [0.1, 0.15) is 41.0 Å². The molecule has 0 aromatic rings. The highest BCUT2D eigenvalue weighted by Crippen LogP contribution is 2.24. The number of esters is 1. The monoisotopic (exact) mass is 227 g/mol. The van der Waals surface area contributed by atoms with Crippen LogP contribution in [0.25, 0.3) is 0 Å². The molecule has 0 saturated carbocycles. The summed E-state index contributed by atoms with van der Waals surface area (Å²) in [5.41, 5.74) is 0. The molecule has 16 heavy (non-hydrogen) atoms. The lowest BCUT2D eigenvalue weighted by Crippen LogP contribution is -2.60. The van der Waals surface area contributed by atoms with Crippen LogP contribution in [0.4, 0.5) is 0 Å². The van der Waals surface area contributed by atoms with Crippen molar-refractivity contribution in [2.75, 3.05) is 0 Å². The first kappa shape index (κ1) is 13.0. The second kappa shape index (κ2) is 4.85. The van der Waals surface area contributed by atoms with Gasteiger partial charge in [0.05, 0.1) is 0 Å². The summed E-state index contributed by atoms with van der Waals surface area (Å²) in [5.74, 6) is -0.248. The molecular formula is C12H21NO3. The number of rotatable bonds is 3. The van der Waals surface area contributed by atoms with Gasteiger partial charge in [0, 0.05) is 6.04 Å². The molecule has 4 nitrogen and oxygen atoms in total. The molecule has 0 spiro atoms. The lowest BCUT2D eigenvalue weighted by Gasteiger charge is -2.41. The normalized spacial score (nSPS) is 26.6. The molecule has 92 valence electrons. The summed E-state index contributed by atoms with van der Waals surface area (Å²) in [7, 11) is 0. The highest BCUT2D eigenvalue weighted by Gasteiger charge is 2.44. The highest BCUT2D eigenvalue weighted by molar-refractivity contribution is 5.92. The first-order chi connectivity index (χ1) is 7.40.